The Kier molecular flexibility index (Phi) is 11.4. The summed E-state index contributed by atoms with van der Waals surface area (Å²) in [5.74, 6) is 0.0324. The standard InChI is InChI=1S/C4H11NO.C3H7NO/c1-2-4(6)3-5;1-3(5)2-4/h4,6H,2-3,5H2,1H3;2,4H2,1H3. The number of hydrogen-bond donors (Lipinski definition) is 3. The van der Waals surface area contributed by atoms with Gasteiger partial charge in [-0.15, -0.1) is 0 Å². The van der Waals surface area contributed by atoms with Gasteiger partial charge in [-0.3, -0.25) is 4.79 Å². The first-order valence-corrected chi connectivity index (χ1v) is 3.66. The average Bonchev–Trinajstić information content (AvgIpc) is 2.04. The van der Waals surface area contributed by atoms with Gasteiger partial charge < -0.3 is 16.6 Å². The molecule has 0 bridgehead atoms. The number of aliphatic hydroxyl groups is 1. The second kappa shape index (κ2) is 9.55. The molecule has 0 aromatic heterocycles. The number of carbonyl (C=O) groups is 1. The summed E-state index contributed by atoms with van der Waals surface area (Å²) in [7, 11) is 0. The zero-order valence-electron chi connectivity index (χ0n) is 7.21. The maximum atomic E-state index is 9.69. The Morgan fingerprint density at radius 1 is 1.55 bits per heavy atom. The molecule has 0 heterocycles. The van der Waals surface area contributed by atoms with Gasteiger partial charge in [-0.25, -0.2) is 0 Å². The van der Waals surface area contributed by atoms with Crippen LogP contribution in [0, 0.1) is 0 Å². The van der Waals surface area contributed by atoms with E-state index >= 15 is 0 Å². The summed E-state index contributed by atoms with van der Waals surface area (Å²) >= 11 is 0. The Morgan fingerprint density at radius 3 is 1.91 bits per heavy atom. The molecule has 68 valence electrons. The lowest BCUT2D eigenvalue weighted by Crippen LogP contribution is -2.17. The summed E-state index contributed by atoms with van der Waals surface area (Å²) in [6.45, 7) is 3.91. The molecule has 0 aliphatic carbocycles. The van der Waals surface area contributed by atoms with E-state index in [4.69, 9.17) is 16.6 Å². The van der Waals surface area contributed by atoms with Crippen LogP contribution in [-0.2, 0) is 4.79 Å². The molecule has 0 rings (SSSR count). The minimum Gasteiger partial charge on any atom is -0.392 e. The van der Waals surface area contributed by atoms with Crippen molar-refractivity contribution < 1.29 is 9.90 Å². The van der Waals surface area contributed by atoms with Gasteiger partial charge in [0.15, 0.2) is 0 Å². The van der Waals surface area contributed by atoms with E-state index in [1.54, 1.807) is 0 Å². The van der Waals surface area contributed by atoms with Crippen LogP contribution < -0.4 is 11.5 Å². The quantitative estimate of drug-likeness (QED) is 0.509. The molecule has 0 saturated heterocycles. The Morgan fingerprint density at radius 2 is 1.91 bits per heavy atom. The molecule has 4 heteroatoms. The topological polar surface area (TPSA) is 89.3 Å². The third kappa shape index (κ3) is 17.7. The van der Waals surface area contributed by atoms with E-state index in [1.165, 1.54) is 6.92 Å². The summed E-state index contributed by atoms with van der Waals surface area (Å²) in [6, 6.07) is 0. The molecule has 4 nitrogen and oxygen atoms in total. The van der Waals surface area contributed by atoms with Gasteiger partial charge in [-0.1, -0.05) is 6.92 Å². The first kappa shape index (κ1) is 13.2. The maximum Gasteiger partial charge on any atom is 0.143 e. The van der Waals surface area contributed by atoms with Gasteiger partial charge in [-0.2, -0.15) is 0 Å². The van der Waals surface area contributed by atoms with E-state index in [2.05, 4.69) is 0 Å². The monoisotopic (exact) mass is 162 g/mol. The molecule has 1 unspecified atom stereocenters. The number of carbonyl (C=O) groups excluding carboxylic acids is 1. The highest BCUT2D eigenvalue weighted by Crippen LogP contribution is 1.81. The predicted octanol–water partition coefficient (Wildman–Crippen LogP) is -0.750. The zero-order valence-corrected chi connectivity index (χ0v) is 7.21. The van der Waals surface area contributed by atoms with Crippen molar-refractivity contribution in [2.24, 2.45) is 11.5 Å². The lowest BCUT2D eigenvalue weighted by atomic mass is 10.3. The van der Waals surface area contributed by atoms with Gasteiger partial charge in [-0.05, 0) is 13.3 Å². The number of hydrogen-bond acceptors (Lipinski definition) is 4. The third-order valence-electron chi connectivity index (χ3n) is 1.03. The van der Waals surface area contributed by atoms with E-state index in [1.807, 2.05) is 6.92 Å². The Labute approximate surface area is 67.6 Å². The van der Waals surface area contributed by atoms with Crippen molar-refractivity contribution in [3.8, 4) is 0 Å². The lowest BCUT2D eigenvalue weighted by molar-refractivity contribution is -0.115. The molecule has 11 heavy (non-hydrogen) atoms. The second-order valence-corrected chi connectivity index (χ2v) is 2.20. The van der Waals surface area contributed by atoms with E-state index < -0.39 is 0 Å². The molecule has 0 fully saturated rings. The average molecular weight is 162 g/mol. The fourth-order valence-electron chi connectivity index (χ4n) is 0.167. The van der Waals surface area contributed by atoms with Crippen LogP contribution in [-0.4, -0.2) is 30.1 Å². The van der Waals surface area contributed by atoms with Gasteiger partial charge in [0.2, 0.25) is 0 Å². The van der Waals surface area contributed by atoms with Crippen LogP contribution in [0.2, 0.25) is 0 Å². The van der Waals surface area contributed by atoms with Crippen LogP contribution in [0.1, 0.15) is 20.3 Å². The van der Waals surface area contributed by atoms with Crippen molar-refractivity contribution in [1.29, 1.82) is 0 Å². The van der Waals surface area contributed by atoms with Crippen LogP contribution in [0.15, 0.2) is 0 Å². The highest BCUT2D eigenvalue weighted by atomic mass is 16.3. The summed E-state index contributed by atoms with van der Waals surface area (Å²) in [5, 5.41) is 8.54. The molecule has 1 atom stereocenters. The van der Waals surface area contributed by atoms with Crippen molar-refractivity contribution in [3.05, 3.63) is 0 Å². The van der Waals surface area contributed by atoms with Crippen molar-refractivity contribution in [3.63, 3.8) is 0 Å². The van der Waals surface area contributed by atoms with Gasteiger partial charge in [0.25, 0.3) is 0 Å². The highest BCUT2D eigenvalue weighted by Gasteiger charge is 1.90. The predicted molar refractivity (Wildman–Crippen MR) is 45.1 cm³/mol. The summed E-state index contributed by atoms with van der Waals surface area (Å²) in [4.78, 5) is 9.69. The molecule has 0 spiro atoms. The first-order chi connectivity index (χ1) is 5.08. The maximum absolute atomic E-state index is 9.69. The second-order valence-electron chi connectivity index (χ2n) is 2.20. The molecule has 0 aromatic rings. The molecule has 0 radical (unpaired) electrons. The van der Waals surface area contributed by atoms with Crippen molar-refractivity contribution in [2.75, 3.05) is 13.1 Å². The van der Waals surface area contributed by atoms with Crippen LogP contribution in [0.5, 0.6) is 0 Å². The Bertz CT molecular complexity index is 92.4. The van der Waals surface area contributed by atoms with E-state index in [9.17, 15) is 4.79 Å². The molecule has 0 aliphatic heterocycles. The number of Topliss-reactive ketones (excluding diaryl/α,β-unsaturated/α-hetero) is 1. The molecular weight excluding hydrogens is 144 g/mol. The fourth-order valence-corrected chi connectivity index (χ4v) is 0.167. The summed E-state index contributed by atoms with van der Waals surface area (Å²) in [5.41, 5.74) is 9.85. The lowest BCUT2D eigenvalue weighted by Gasteiger charge is -1.98. The minimum absolute atomic E-state index is 0.0324. The summed E-state index contributed by atoms with van der Waals surface area (Å²) < 4.78 is 0. The number of nitrogens with two attached hydrogens (primary N) is 2. The van der Waals surface area contributed by atoms with Gasteiger partial charge in [0, 0.05) is 6.54 Å². The molecule has 5 N–H and O–H groups in total. The Hall–Kier alpha value is -0.450. The molecule has 0 aliphatic rings. The number of rotatable bonds is 3. The third-order valence-corrected chi connectivity index (χ3v) is 1.03. The number of aliphatic hydroxyl groups excluding tert-OH is 1. The van der Waals surface area contributed by atoms with Gasteiger partial charge in [0.05, 0.1) is 12.6 Å². The van der Waals surface area contributed by atoms with Crippen LogP contribution in [0.4, 0.5) is 0 Å². The van der Waals surface area contributed by atoms with Crippen LogP contribution >= 0.6 is 0 Å². The SMILES string of the molecule is CC(=O)CN.CCC(O)CN. The van der Waals surface area contributed by atoms with Crippen LogP contribution in [0.25, 0.3) is 0 Å². The minimum atomic E-state index is -0.287. The Balaban J connectivity index is 0. The van der Waals surface area contributed by atoms with Crippen LogP contribution in [0.3, 0.4) is 0 Å². The van der Waals surface area contributed by atoms with E-state index in [-0.39, 0.29) is 18.4 Å². The number of ketones is 1. The smallest absolute Gasteiger partial charge is 0.143 e. The van der Waals surface area contributed by atoms with Crippen molar-refractivity contribution in [2.45, 2.75) is 26.4 Å². The molecule has 0 saturated carbocycles. The molecule has 0 amide bonds. The van der Waals surface area contributed by atoms with E-state index in [0.717, 1.165) is 6.42 Å². The molecular formula is C7H18N2O2. The van der Waals surface area contributed by atoms with Gasteiger partial charge in [0.1, 0.15) is 5.78 Å². The van der Waals surface area contributed by atoms with Crippen molar-refractivity contribution in [1.82, 2.24) is 0 Å². The zero-order chi connectivity index (χ0) is 9.28. The normalized spacial score (nSPS) is 11.4. The largest absolute Gasteiger partial charge is 0.392 e. The van der Waals surface area contributed by atoms with Gasteiger partial charge >= 0.3 is 0 Å². The fraction of sp³-hybridized carbons (Fsp3) is 0.857. The first-order valence-electron chi connectivity index (χ1n) is 3.66. The van der Waals surface area contributed by atoms with E-state index in [0.29, 0.717) is 6.54 Å². The summed E-state index contributed by atoms with van der Waals surface area (Å²) in [6.07, 6.45) is 0.473. The van der Waals surface area contributed by atoms with Crippen molar-refractivity contribution >= 4 is 5.78 Å². The highest BCUT2D eigenvalue weighted by molar-refractivity contribution is 5.77. The molecule has 0 aromatic carbocycles.